The summed E-state index contributed by atoms with van der Waals surface area (Å²) < 4.78 is 0. The predicted octanol–water partition coefficient (Wildman–Crippen LogP) is 3.96. The van der Waals surface area contributed by atoms with E-state index >= 15 is 0 Å². The van der Waals surface area contributed by atoms with Crippen LogP contribution in [0.15, 0.2) is 24.3 Å². The maximum Gasteiger partial charge on any atom is 0.220 e. The van der Waals surface area contributed by atoms with Gasteiger partial charge in [0.25, 0.3) is 0 Å². The Morgan fingerprint density at radius 3 is 2.48 bits per heavy atom. The molecule has 0 bridgehead atoms. The van der Waals surface area contributed by atoms with Crippen LogP contribution in [0, 0.1) is 5.92 Å². The monoisotopic (exact) mass is 312 g/mol. The second-order valence-electron chi connectivity index (χ2n) is 5.46. The lowest BCUT2D eigenvalue weighted by Crippen LogP contribution is -2.27. The summed E-state index contributed by atoms with van der Waals surface area (Å²) in [7, 11) is 0. The third kappa shape index (κ3) is 8.61. The number of amides is 1. The fraction of sp³-hybridized carbons (Fsp3) is 0.588. The van der Waals surface area contributed by atoms with Crippen LogP contribution in [-0.4, -0.2) is 12.5 Å². The van der Waals surface area contributed by atoms with E-state index in [2.05, 4.69) is 19.2 Å². The van der Waals surface area contributed by atoms with Crippen molar-refractivity contribution >= 4 is 24.0 Å². The van der Waals surface area contributed by atoms with Crippen molar-refractivity contribution in [1.29, 1.82) is 0 Å². The van der Waals surface area contributed by atoms with Gasteiger partial charge < -0.3 is 11.1 Å². The van der Waals surface area contributed by atoms with Crippen LogP contribution in [0.1, 0.15) is 51.5 Å². The summed E-state index contributed by atoms with van der Waals surface area (Å²) in [6, 6.07) is 7.82. The van der Waals surface area contributed by atoms with Gasteiger partial charge in [0.15, 0.2) is 0 Å². The molecule has 1 atom stereocenters. The van der Waals surface area contributed by atoms with Gasteiger partial charge in [-0.25, -0.2) is 0 Å². The van der Waals surface area contributed by atoms with Crippen LogP contribution < -0.4 is 11.1 Å². The molecular weight excluding hydrogens is 284 g/mol. The first-order chi connectivity index (χ1) is 9.65. The first-order valence-corrected chi connectivity index (χ1v) is 7.76. The number of nitrogen functional groups attached to an aromatic ring is 1. The van der Waals surface area contributed by atoms with E-state index in [9.17, 15) is 4.79 Å². The van der Waals surface area contributed by atoms with Crippen molar-refractivity contribution in [2.75, 3.05) is 12.3 Å². The molecule has 1 aromatic carbocycles. The molecular formula is C17H29ClN2O. The van der Waals surface area contributed by atoms with Crippen LogP contribution in [0.5, 0.6) is 0 Å². The number of carbonyl (C=O) groups excluding carboxylic acids is 1. The minimum atomic E-state index is 0. The van der Waals surface area contributed by atoms with Gasteiger partial charge in [-0.3, -0.25) is 4.79 Å². The number of rotatable bonds is 9. The van der Waals surface area contributed by atoms with Gasteiger partial charge >= 0.3 is 0 Å². The van der Waals surface area contributed by atoms with Crippen molar-refractivity contribution in [3.05, 3.63) is 29.8 Å². The third-order valence-corrected chi connectivity index (χ3v) is 3.73. The highest BCUT2D eigenvalue weighted by Gasteiger charge is 2.11. The van der Waals surface area contributed by atoms with Gasteiger partial charge in [-0.05, 0) is 36.5 Å². The Morgan fingerprint density at radius 2 is 1.90 bits per heavy atom. The Bertz CT molecular complexity index is 392. The van der Waals surface area contributed by atoms with Crippen molar-refractivity contribution in [1.82, 2.24) is 5.32 Å². The lowest BCUT2D eigenvalue weighted by molar-refractivity contribution is -0.122. The second kappa shape index (κ2) is 11.4. The zero-order chi connectivity index (χ0) is 14.8. The lowest BCUT2D eigenvalue weighted by atomic mass is 9.95. The molecule has 0 fully saturated rings. The predicted molar refractivity (Wildman–Crippen MR) is 92.7 cm³/mol. The zero-order valence-corrected chi connectivity index (χ0v) is 14.0. The Labute approximate surface area is 135 Å². The van der Waals surface area contributed by atoms with Crippen LogP contribution in [0.3, 0.4) is 0 Å². The molecule has 1 unspecified atom stereocenters. The molecule has 0 aromatic heterocycles. The van der Waals surface area contributed by atoms with E-state index in [4.69, 9.17) is 5.73 Å². The van der Waals surface area contributed by atoms with Crippen LogP contribution in [0.2, 0.25) is 0 Å². The Morgan fingerprint density at radius 1 is 1.24 bits per heavy atom. The average Bonchev–Trinajstić information content (AvgIpc) is 2.45. The van der Waals surface area contributed by atoms with Gasteiger partial charge in [-0.15, -0.1) is 12.4 Å². The van der Waals surface area contributed by atoms with Crippen LogP contribution >= 0.6 is 12.4 Å². The minimum absolute atomic E-state index is 0. The highest BCUT2D eigenvalue weighted by molar-refractivity contribution is 5.85. The quantitative estimate of drug-likeness (QED) is 0.678. The summed E-state index contributed by atoms with van der Waals surface area (Å²) in [5, 5.41) is 3.02. The highest BCUT2D eigenvalue weighted by atomic mass is 35.5. The Hall–Kier alpha value is -1.22. The topological polar surface area (TPSA) is 55.1 Å². The zero-order valence-electron chi connectivity index (χ0n) is 13.2. The van der Waals surface area contributed by atoms with E-state index in [-0.39, 0.29) is 18.3 Å². The summed E-state index contributed by atoms with van der Waals surface area (Å²) in [5.41, 5.74) is 7.63. The summed E-state index contributed by atoms with van der Waals surface area (Å²) in [5.74, 6) is 0.717. The first kappa shape index (κ1) is 19.8. The lowest BCUT2D eigenvalue weighted by Gasteiger charge is -2.14. The van der Waals surface area contributed by atoms with Crippen LogP contribution in [-0.2, 0) is 11.2 Å². The number of hydrogen-bond donors (Lipinski definition) is 2. The molecule has 1 rings (SSSR count). The highest BCUT2D eigenvalue weighted by Crippen LogP contribution is 2.16. The minimum Gasteiger partial charge on any atom is -0.399 e. The van der Waals surface area contributed by atoms with Gasteiger partial charge in [0, 0.05) is 18.7 Å². The molecule has 21 heavy (non-hydrogen) atoms. The molecule has 1 amide bonds. The molecule has 4 heteroatoms. The van der Waals surface area contributed by atoms with E-state index in [0.29, 0.717) is 18.9 Å². The molecule has 3 N–H and O–H groups in total. The number of nitrogens with two attached hydrogens (primary N) is 1. The molecule has 0 heterocycles. The fourth-order valence-corrected chi connectivity index (χ4v) is 2.31. The van der Waals surface area contributed by atoms with E-state index in [1.807, 2.05) is 24.3 Å². The van der Waals surface area contributed by atoms with Crippen molar-refractivity contribution in [2.45, 2.75) is 52.4 Å². The van der Waals surface area contributed by atoms with Gasteiger partial charge in [0.1, 0.15) is 0 Å². The van der Waals surface area contributed by atoms with Crippen LogP contribution in [0.4, 0.5) is 5.69 Å². The van der Waals surface area contributed by atoms with Gasteiger partial charge in [-0.1, -0.05) is 45.2 Å². The van der Waals surface area contributed by atoms with E-state index in [0.717, 1.165) is 18.5 Å². The molecule has 0 aliphatic carbocycles. The van der Waals surface area contributed by atoms with Crippen LogP contribution in [0.25, 0.3) is 0 Å². The number of halogens is 1. The number of anilines is 1. The summed E-state index contributed by atoms with van der Waals surface area (Å²) in [4.78, 5) is 11.9. The van der Waals surface area contributed by atoms with E-state index < -0.39 is 0 Å². The number of unbranched alkanes of at least 4 members (excludes halogenated alkanes) is 1. The molecule has 0 aliphatic rings. The SMILES string of the molecule is CCCCC(CC)CC(=O)NCCc1ccc(N)cc1.Cl. The first-order valence-electron chi connectivity index (χ1n) is 7.76. The van der Waals surface area contributed by atoms with Crippen molar-refractivity contribution in [2.24, 2.45) is 5.92 Å². The largest absolute Gasteiger partial charge is 0.399 e. The summed E-state index contributed by atoms with van der Waals surface area (Å²) in [6.07, 6.45) is 6.20. The summed E-state index contributed by atoms with van der Waals surface area (Å²) in [6.45, 7) is 5.06. The van der Waals surface area contributed by atoms with E-state index in [1.54, 1.807) is 0 Å². The molecule has 120 valence electrons. The number of benzene rings is 1. The molecule has 0 aliphatic heterocycles. The smallest absolute Gasteiger partial charge is 0.220 e. The molecule has 0 spiro atoms. The van der Waals surface area contributed by atoms with E-state index in [1.165, 1.54) is 24.8 Å². The average molecular weight is 313 g/mol. The molecule has 0 saturated heterocycles. The third-order valence-electron chi connectivity index (χ3n) is 3.73. The van der Waals surface area contributed by atoms with Gasteiger partial charge in [0.2, 0.25) is 5.91 Å². The molecule has 0 saturated carbocycles. The maximum atomic E-state index is 11.9. The fourth-order valence-electron chi connectivity index (χ4n) is 2.31. The molecule has 1 aromatic rings. The van der Waals surface area contributed by atoms with Crippen molar-refractivity contribution in [3.8, 4) is 0 Å². The normalized spacial score (nSPS) is 11.5. The van der Waals surface area contributed by atoms with Gasteiger partial charge in [-0.2, -0.15) is 0 Å². The Kier molecular flexibility index (Phi) is 10.8. The maximum absolute atomic E-state index is 11.9. The standard InChI is InChI=1S/C17H28N2O.ClH/c1-3-5-6-14(4-2)13-17(20)19-12-11-15-7-9-16(18)10-8-15;/h7-10,14H,3-6,11-13,18H2,1-2H3,(H,19,20);1H. The number of nitrogens with one attached hydrogen (secondary N) is 1. The van der Waals surface area contributed by atoms with Crippen molar-refractivity contribution < 1.29 is 4.79 Å². The molecule has 3 nitrogen and oxygen atoms in total. The molecule has 0 radical (unpaired) electrons. The second-order valence-corrected chi connectivity index (χ2v) is 5.46. The summed E-state index contributed by atoms with van der Waals surface area (Å²) >= 11 is 0. The Balaban J connectivity index is 0.00000400. The number of carbonyl (C=O) groups is 1. The number of hydrogen-bond acceptors (Lipinski definition) is 2. The van der Waals surface area contributed by atoms with Crippen molar-refractivity contribution in [3.63, 3.8) is 0 Å². The van der Waals surface area contributed by atoms with Gasteiger partial charge in [0.05, 0.1) is 0 Å².